The first-order chi connectivity index (χ1) is 7.69. The van der Waals surface area contributed by atoms with Crippen molar-refractivity contribution in [1.82, 2.24) is 0 Å². The van der Waals surface area contributed by atoms with Crippen molar-refractivity contribution in [2.75, 3.05) is 20.4 Å². The Morgan fingerprint density at radius 2 is 2.25 bits per heavy atom. The molecule has 0 unspecified atom stereocenters. The second kappa shape index (κ2) is 6.67. The Kier molecular flexibility index (Phi) is 5.51. The second-order valence-corrected chi connectivity index (χ2v) is 4.27. The van der Waals surface area contributed by atoms with Crippen molar-refractivity contribution >= 4 is 28.6 Å². The molecule has 0 N–H and O–H groups in total. The number of alkyl halides is 1. The standard InChI is InChI=1S/C11H12FIO3/c1-15-11(14)9-7-8(13)3-4-10(9)16-6-2-5-12/h3-4,7H,2,5-6H2,1H3. The summed E-state index contributed by atoms with van der Waals surface area (Å²) < 4.78 is 22.8. The van der Waals surface area contributed by atoms with Gasteiger partial charge in [0.2, 0.25) is 0 Å². The maximum absolute atomic E-state index is 11.9. The molecule has 1 aromatic carbocycles. The average Bonchev–Trinajstić information content (AvgIpc) is 2.30. The zero-order chi connectivity index (χ0) is 12.0. The van der Waals surface area contributed by atoms with Crippen LogP contribution in [0.1, 0.15) is 16.8 Å². The number of hydrogen-bond acceptors (Lipinski definition) is 3. The van der Waals surface area contributed by atoms with Gasteiger partial charge in [-0.25, -0.2) is 4.79 Å². The fraction of sp³-hybridized carbons (Fsp3) is 0.364. The number of carbonyl (C=O) groups is 1. The van der Waals surface area contributed by atoms with Gasteiger partial charge in [-0.15, -0.1) is 0 Å². The van der Waals surface area contributed by atoms with Crippen LogP contribution in [0.4, 0.5) is 4.39 Å². The monoisotopic (exact) mass is 338 g/mol. The first-order valence-electron chi connectivity index (χ1n) is 4.75. The molecule has 0 aliphatic rings. The van der Waals surface area contributed by atoms with Crippen molar-refractivity contribution in [3.05, 3.63) is 27.3 Å². The summed E-state index contributed by atoms with van der Waals surface area (Å²) in [4.78, 5) is 11.4. The van der Waals surface area contributed by atoms with Crippen LogP contribution in [0.5, 0.6) is 5.75 Å². The van der Waals surface area contributed by atoms with E-state index in [1.807, 2.05) is 6.07 Å². The number of carbonyl (C=O) groups excluding carboxylic acids is 1. The highest BCUT2D eigenvalue weighted by molar-refractivity contribution is 14.1. The Hall–Kier alpha value is -0.850. The third-order valence-corrected chi connectivity index (χ3v) is 2.55. The number of rotatable bonds is 5. The van der Waals surface area contributed by atoms with Crippen LogP contribution in [0, 0.1) is 3.57 Å². The van der Waals surface area contributed by atoms with Gasteiger partial charge in [0.1, 0.15) is 11.3 Å². The van der Waals surface area contributed by atoms with E-state index in [0.29, 0.717) is 17.7 Å². The van der Waals surface area contributed by atoms with Crippen molar-refractivity contribution in [1.29, 1.82) is 0 Å². The smallest absolute Gasteiger partial charge is 0.341 e. The molecule has 0 saturated heterocycles. The molecule has 0 saturated carbocycles. The Bertz CT molecular complexity index is 368. The molecule has 1 rings (SSSR count). The predicted molar refractivity (Wildman–Crippen MR) is 66.6 cm³/mol. The van der Waals surface area contributed by atoms with Crippen molar-refractivity contribution in [3.63, 3.8) is 0 Å². The fourth-order valence-corrected chi connectivity index (χ4v) is 1.63. The molecule has 0 heterocycles. The molecule has 0 aliphatic heterocycles. The molecule has 88 valence electrons. The molecule has 0 bridgehead atoms. The number of methoxy groups -OCH3 is 1. The molecular formula is C11H12FIO3. The van der Waals surface area contributed by atoms with E-state index in [1.165, 1.54) is 7.11 Å². The van der Waals surface area contributed by atoms with Gasteiger partial charge in [-0.1, -0.05) is 0 Å². The predicted octanol–water partition coefficient (Wildman–Crippen LogP) is 2.82. The summed E-state index contributed by atoms with van der Waals surface area (Å²) >= 11 is 2.09. The summed E-state index contributed by atoms with van der Waals surface area (Å²) in [7, 11) is 1.31. The zero-order valence-corrected chi connectivity index (χ0v) is 11.0. The minimum atomic E-state index is -0.450. The summed E-state index contributed by atoms with van der Waals surface area (Å²) in [5.74, 6) is -0.0190. The lowest BCUT2D eigenvalue weighted by Crippen LogP contribution is -2.07. The van der Waals surface area contributed by atoms with E-state index in [4.69, 9.17) is 4.74 Å². The molecule has 5 heteroatoms. The zero-order valence-electron chi connectivity index (χ0n) is 8.83. The average molecular weight is 338 g/mol. The van der Waals surface area contributed by atoms with Gasteiger partial charge >= 0.3 is 5.97 Å². The highest BCUT2D eigenvalue weighted by Crippen LogP contribution is 2.22. The summed E-state index contributed by atoms with van der Waals surface area (Å²) in [6.45, 7) is -0.182. The van der Waals surface area contributed by atoms with E-state index < -0.39 is 12.6 Å². The number of esters is 1. The summed E-state index contributed by atoms with van der Waals surface area (Å²) in [6.07, 6.45) is 0.312. The number of benzene rings is 1. The molecular weight excluding hydrogens is 326 g/mol. The molecule has 0 atom stereocenters. The van der Waals surface area contributed by atoms with Crippen molar-refractivity contribution in [3.8, 4) is 5.75 Å². The summed E-state index contributed by atoms with van der Waals surface area (Å²) in [5, 5.41) is 0. The van der Waals surface area contributed by atoms with Gasteiger partial charge in [0.05, 0.1) is 20.4 Å². The quantitative estimate of drug-likeness (QED) is 0.471. The van der Waals surface area contributed by atoms with Crippen LogP contribution in [-0.2, 0) is 4.74 Å². The topological polar surface area (TPSA) is 35.5 Å². The van der Waals surface area contributed by atoms with E-state index in [1.54, 1.807) is 12.1 Å². The Labute approximate surface area is 107 Å². The molecule has 3 nitrogen and oxygen atoms in total. The van der Waals surface area contributed by atoms with Gasteiger partial charge in [0, 0.05) is 9.99 Å². The molecule has 0 amide bonds. The van der Waals surface area contributed by atoms with Gasteiger partial charge in [0.15, 0.2) is 0 Å². The van der Waals surface area contributed by atoms with E-state index >= 15 is 0 Å². The van der Waals surface area contributed by atoms with Gasteiger partial charge in [-0.3, -0.25) is 4.39 Å². The fourth-order valence-electron chi connectivity index (χ4n) is 1.13. The molecule has 16 heavy (non-hydrogen) atoms. The summed E-state index contributed by atoms with van der Waals surface area (Å²) in [5.41, 5.74) is 0.369. The number of hydrogen-bond donors (Lipinski definition) is 0. The number of halogens is 2. The molecule has 1 aromatic rings. The highest BCUT2D eigenvalue weighted by atomic mass is 127. The second-order valence-electron chi connectivity index (χ2n) is 3.02. The van der Waals surface area contributed by atoms with Crippen LogP contribution < -0.4 is 4.74 Å². The Balaban J connectivity index is 2.85. The maximum atomic E-state index is 11.9. The lowest BCUT2D eigenvalue weighted by molar-refractivity contribution is 0.0596. The van der Waals surface area contributed by atoms with Crippen LogP contribution in [-0.4, -0.2) is 26.4 Å². The first kappa shape index (κ1) is 13.2. The lowest BCUT2D eigenvalue weighted by Gasteiger charge is -2.09. The van der Waals surface area contributed by atoms with Crippen LogP contribution in [0.3, 0.4) is 0 Å². The molecule has 0 aliphatic carbocycles. The van der Waals surface area contributed by atoms with Crippen LogP contribution in [0.25, 0.3) is 0 Å². The van der Waals surface area contributed by atoms with Gasteiger partial charge < -0.3 is 9.47 Å². The van der Waals surface area contributed by atoms with E-state index in [0.717, 1.165) is 3.57 Å². The molecule has 0 spiro atoms. The Morgan fingerprint density at radius 3 is 2.88 bits per heavy atom. The van der Waals surface area contributed by atoms with Crippen LogP contribution in [0.2, 0.25) is 0 Å². The van der Waals surface area contributed by atoms with E-state index in [9.17, 15) is 9.18 Å². The van der Waals surface area contributed by atoms with Crippen molar-refractivity contribution in [2.24, 2.45) is 0 Å². The number of ether oxygens (including phenoxy) is 2. The Morgan fingerprint density at radius 1 is 1.50 bits per heavy atom. The summed E-state index contributed by atoms with van der Waals surface area (Å²) in [6, 6.07) is 5.18. The van der Waals surface area contributed by atoms with Gasteiger partial charge in [-0.05, 0) is 40.8 Å². The first-order valence-corrected chi connectivity index (χ1v) is 5.83. The maximum Gasteiger partial charge on any atom is 0.341 e. The van der Waals surface area contributed by atoms with Crippen molar-refractivity contribution in [2.45, 2.75) is 6.42 Å². The minimum Gasteiger partial charge on any atom is -0.493 e. The van der Waals surface area contributed by atoms with Crippen LogP contribution in [0.15, 0.2) is 18.2 Å². The largest absolute Gasteiger partial charge is 0.493 e. The van der Waals surface area contributed by atoms with E-state index in [-0.39, 0.29) is 6.61 Å². The third kappa shape index (κ3) is 3.62. The lowest BCUT2D eigenvalue weighted by atomic mass is 10.2. The van der Waals surface area contributed by atoms with Gasteiger partial charge in [-0.2, -0.15) is 0 Å². The normalized spacial score (nSPS) is 9.94. The molecule has 0 fully saturated rings. The molecule has 0 aromatic heterocycles. The molecule has 0 radical (unpaired) electrons. The third-order valence-electron chi connectivity index (χ3n) is 1.88. The SMILES string of the molecule is COC(=O)c1cc(I)ccc1OCCCF. The highest BCUT2D eigenvalue weighted by Gasteiger charge is 2.13. The van der Waals surface area contributed by atoms with Crippen molar-refractivity contribution < 1.29 is 18.7 Å². The van der Waals surface area contributed by atoms with E-state index in [2.05, 4.69) is 27.3 Å². The van der Waals surface area contributed by atoms with Gasteiger partial charge in [0.25, 0.3) is 0 Å². The minimum absolute atomic E-state index is 0.251. The van der Waals surface area contributed by atoms with Crippen LogP contribution >= 0.6 is 22.6 Å².